The highest BCUT2D eigenvalue weighted by Crippen LogP contribution is 2.30. The number of hydrogen-bond donors (Lipinski definition) is 2. The molecule has 98 valence electrons. The van der Waals surface area contributed by atoms with Gasteiger partial charge in [0.15, 0.2) is 5.84 Å². The first-order valence-electron chi connectivity index (χ1n) is 6.10. The summed E-state index contributed by atoms with van der Waals surface area (Å²) in [5.41, 5.74) is 7.49. The Bertz CT molecular complexity index is 458. The van der Waals surface area contributed by atoms with Gasteiger partial charge in [0.1, 0.15) is 0 Å². The molecule has 0 aromatic heterocycles. The lowest BCUT2D eigenvalue weighted by Crippen LogP contribution is -2.31. The van der Waals surface area contributed by atoms with Crippen LogP contribution in [0.2, 0.25) is 0 Å². The fraction of sp³-hybridized carbons (Fsp3) is 0.462. The van der Waals surface area contributed by atoms with E-state index in [4.69, 9.17) is 10.9 Å². The van der Waals surface area contributed by atoms with E-state index in [2.05, 4.69) is 33.0 Å². The third-order valence-electron chi connectivity index (χ3n) is 3.51. The Morgan fingerprint density at radius 1 is 1.56 bits per heavy atom. The van der Waals surface area contributed by atoms with Crippen LogP contribution < -0.4 is 10.6 Å². The van der Waals surface area contributed by atoms with Crippen molar-refractivity contribution in [2.24, 2.45) is 16.8 Å². The van der Waals surface area contributed by atoms with Crippen molar-refractivity contribution in [2.45, 2.75) is 19.3 Å². The highest BCUT2D eigenvalue weighted by Gasteiger charge is 2.21. The van der Waals surface area contributed by atoms with Crippen LogP contribution in [0, 0.1) is 5.92 Å². The second-order valence-electron chi connectivity index (χ2n) is 4.82. The Balaban J connectivity index is 2.24. The molecule has 1 aliphatic carbocycles. The average molecular weight is 312 g/mol. The van der Waals surface area contributed by atoms with Gasteiger partial charge in [0.05, 0.1) is 0 Å². The maximum atomic E-state index is 8.85. The van der Waals surface area contributed by atoms with Gasteiger partial charge in [0.25, 0.3) is 0 Å². The van der Waals surface area contributed by atoms with E-state index in [-0.39, 0.29) is 5.84 Å². The fourth-order valence-electron chi connectivity index (χ4n) is 2.26. The number of hydrogen-bond acceptors (Lipinski definition) is 3. The monoisotopic (exact) mass is 311 g/mol. The van der Waals surface area contributed by atoms with Crippen LogP contribution >= 0.6 is 15.9 Å². The van der Waals surface area contributed by atoms with E-state index in [1.165, 1.54) is 19.3 Å². The van der Waals surface area contributed by atoms with E-state index in [9.17, 15) is 0 Å². The molecule has 0 heterocycles. The summed E-state index contributed by atoms with van der Waals surface area (Å²) in [5.74, 6) is 0.922. The van der Waals surface area contributed by atoms with Crippen molar-refractivity contribution in [3.05, 3.63) is 28.2 Å². The van der Waals surface area contributed by atoms with Crippen molar-refractivity contribution in [1.82, 2.24) is 0 Å². The number of oxime groups is 1. The molecule has 4 nitrogen and oxygen atoms in total. The van der Waals surface area contributed by atoms with Gasteiger partial charge in [-0.25, -0.2) is 0 Å². The van der Waals surface area contributed by atoms with Crippen molar-refractivity contribution in [3.8, 4) is 0 Å². The van der Waals surface area contributed by atoms with Gasteiger partial charge in [-0.15, -0.1) is 0 Å². The van der Waals surface area contributed by atoms with Crippen LogP contribution in [0.1, 0.15) is 24.8 Å². The molecule has 0 spiro atoms. The molecule has 18 heavy (non-hydrogen) atoms. The number of nitrogens with zero attached hydrogens (tertiary/aromatic N) is 2. The molecule has 0 amide bonds. The van der Waals surface area contributed by atoms with Gasteiger partial charge in [-0.3, -0.25) is 0 Å². The SMILES string of the molecule is CN(CC1CCC1)c1ccc(Br)cc1/C(N)=N/O. The predicted octanol–water partition coefficient (Wildman–Crippen LogP) is 2.78. The minimum Gasteiger partial charge on any atom is -0.409 e. The maximum absolute atomic E-state index is 8.85. The quantitative estimate of drug-likeness (QED) is 0.389. The van der Waals surface area contributed by atoms with Crippen LogP contribution in [0.3, 0.4) is 0 Å². The van der Waals surface area contributed by atoms with Crippen LogP contribution in [0.25, 0.3) is 0 Å². The molecule has 0 bridgehead atoms. The molecule has 1 aromatic carbocycles. The van der Waals surface area contributed by atoms with Gasteiger partial charge >= 0.3 is 0 Å². The molecule has 3 N–H and O–H groups in total. The summed E-state index contributed by atoms with van der Waals surface area (Å²) in [6.45, 7) is 1.02. The van der Waals surface area contributed by atoms with E-state index in [0.717, 1.165) is 28.2 Å². The molecule has 1 saturated carbocycles. The highest BCUT2D eigenvalue weighted by atomic mass is 79.9. The minimum atomic E-state index is 0.145. The van der Waals surface area contributed by atoms with E-state index in [0.29, 0.717) is 0 Å². The zero-order valence-electron chi connectivity index (χ0n) is 10.4. The Morgan fingerprint density at radius 2 is 2.28 bits per heavy atom. The summed E-state index contributed by atoms with van der Waals surface area (Å²) in [7, 11) is 2.05. The lowest BCUT2D eigenvalue weighted by Gasteiger charge is -2.32. The summed E-state index contributed by atoms with van der Waals surface area (Å²) >= 11 is 3.41. The predicted molar refractivity (Wildman–Crippen MR) is 77.3 cm³/mol. The lowest BCUT2D eigenvalue weighted by molar-refractivity contribution is 0.318. The molecule has 0 aliphatic heterocycles. The molecular weight excluding hydrogens is 294 g/mol. The molecule has 5 heteroatoms. The Hall–Kier alpha value is -1.23. The topological polar surface area (TPSA) is 61.8 Å². The summed E-state index contributed by atoms with van der Waals surface area (Å²) in [4.78, 5) is 2.18. The van der Waals surface area contributed by atoms with E-state index in [1.807, 2.05) is 18.2 Å². The van der Waals surface area contributed by atoms with Gasteiger partial charge in [0.2, 0.25) is 0 Å². The molecule has 0 unspecified atom stereocenters. The standard InChI is InChI=1S/C13H18BrN3O/c1-17(8-9-3-2-4-9)12-6-5-10(14)7-11(12)13(15)16-18/h5-7,9,18H,2-4,8H2,1H3,(H2,15,16). The van der Waals surface area contributed by atoms with Crippen molar-refractivity contribution in [2.75, 3.05) is 18.5 Å². The first-order valence-corrected chi connectivity index (χ1v) is 6.89. The van der Waals surface area contributed by atoms with Crippen molar-refractivity contribution in [3.63, 3.8) is 0 Å². The lowest BCUT2D eigenvalue weighted by atomic mass is 9.85. The van der Waals surface area contributed by atoms with Gasteiger partial charge in [-0.05, 0) is 37.0 Å². The highest BCUT2D eigenvalue weighted by molar-refractivity contribution is 9.10. The molecule has 0 radical (unpaired) electrons. The molecule has 1 aliphatic rings. The first kappa shape index (κ1) is 13.2. The van der Waals surface area contributed by atoms with Gasteiger partial charge in [0, 0.05) is 29.3 Å². The van der Waals surface area contributed by atoms with Crippen LogP contribution in [-0.2, 0) is 0 Å². The smallest absolute Gasteiger partial charge is 0.172 e. The molecule has 1 aromatic rings. The summed E-state index contributed by atoms with van der Waals surface area (Å²) in [5, 5.41) is 12.0. The fourth-order valence-corrected chi connectivity index (χ4v) is 2.62. The number of nitrogens with two attached hydrogens (primary N) is 1. The van der Waals surface area contributed by atoms with Crippen LogP contribution in [0.5, 0.6) is 0 Å². The molecular formula is C13H18BrN3O. The Morgan fingerprint density at radius 3 is 2.83 bits per heavy atom. The van der Waals surface area contributed by atoms with Gasteiger partial charge in [-0.1, -0.05) is 27.5 Å². The first-order chi connectivity index (χ1) is 8.61. The van der Waals surface area contributed by atoms with Crippen molar-refractivity contribution < 1.29 is 5.21 Å². The molecule has 0 saturated heterocycles. The Kier molecular flexibility index (Phi) is 4.11. The van der Waals surface area contributed by atoms with E-state index < -0.39 is 0 Å². The number of amidine groups is 1. The van der Waals surface area contributed by atoms with Crippen LogP contribution in [0.15, 0.2) is 27.8 Å². The second kappa shape index (κ2) is 5.61. The minimum absolute atomic E-state index is 0.145. The van der Waals surface area contributed by atoms with E-state index >= 15 is 0 Å². The summed E-state index contributed by atoms with van der Waals surface area (Å²) < 4.78 is 0.921. The van der Waals surface area contributed by atoms with Crippen molar-refractivity contribution in [1.29, 1.82) is 0 Å². The second-order valence-corrected chi connectivity index (χ2v) is 5.74. The number of halogens is 1. The van der Waals surface area contributed by atoms with Crippen molar-refractivity contribution >= 4 is 27.5 Å². The average Bonchev–Trinajstić information content (AvgIpc) is 2.32. The largest absolute Gasteiger partial charge is 0.409 e. The Labute approximate surface area is 116 Å². The third-order valence-corrected chi connectivity index (χ3v) is 4.00. The summed E-state index contributed by atoms with van der Waals surface area (Å²) in [6, 6.07) is 5.85. The molecule has 1 fully saturated rings. The zero-order valence-corrected chi connectivity index (χ0v) is 12.0. The molecule has 0 atom stereocenters. The third kappa shape index (κ3) is 2.77. The van der Waals surface area contributed by atoms with E-state index in [1.54, 1.807) is 0 Å². The maximum Gasteiger partial charge on any atom is 0.172 e. The molecule has 2 rings (SSSR count). The van der Waals surface area contributed by atoms with Crippen LogP contribution in [-0.4, -0.2) is 24.6 Å². The van der Waals surface area contributed by atoms with Crippen LogP contribution in [0.4, 0.5) is 5.69 Å². The zero-order chi connectivity index (χ0) is 13.1. The normalized spacial score (nSPS) is 16.4. The number of anilines is 1. The summed E-state index contributed by atoms with van der Waals surface area (Å²) in [6.07, 6.45) is 3.95. The van der Waals surface area contributed by atoms with Gasteiger partial charge < -0.3 is 15.8 Å². The van der Waals surface area contributed by atoms with Gasteiger partial charge in [-0.2, -0.15) is 0 Å². The number of rotatable bonds is 4. The number of benzene rings is 1.